The summed E-state index contributed by atoms with van der Waals surface area (Å²) >= 11 is 1.07. The second kappa shape index (κ2) is 9.85. The number of amides is 3. The van der Waals surface area contributed by atoms with Crippen LogP contribution < -0.4 is 16.0 Å². The van der Waals surface area contributed by atoms with E-state index < -0.39 is 24.0 Å². The van der Waals surface area contributed by atoms with Crippen molar-refractivity contribution < 1.29 is 28.7 Å². The summed E-state index contributed by atoms with van der Waals surface area (Å²) in [5.74, 6) is -1.73. The van der Waals surface area contributed by atoms with Gasteiger partial charge in [0.25, 0.3) is 0 Å². The molecule has 1 unspecified atom stereocenters. The third kappa shape index (κ3) is 5.45. The van der Waals surface area contributed by atoms with Gasteiger partial charge in [0.2, 0.25) is 5.91 Å². The average molecular weight is 444 g/mol. The van der Waals surface area contributed by atoms with Gasteiger partial charge < -0.3 is 25.4 Å². The number of urea groups is 1. The van der Waals surface area contributed by atoms with Crippen LogP contribution in [-0.4, -0.2) is 42.1 Å². The van der Waals surface area contributed by atoms with Crippen LogP contribution >= 0.6 is 11.3 Å². The maximum absolute atomic E-state index is 12.7. The molecule has 0 aliphatic carbocycles. The number of aromatic nitrogens is 1. The molecule has 10 nitrogen and oxygen atoms in total. The van der Waals surface area contributed by atoms with Gasteiger partial charge in [0.05, 0.1) is 23.9 Å². The lowest BCUT2D eigenvalue weighted by Crippen LogP contribution is -2.47. The first-order chi connectivity index (χ1) is 14.9. The topological polar surface area (TPSA) is 136 Å². The lowest BCUT2D eigenvalue weighted by atomic mass is 9.95. The third-order valence-corrected chi connectivity index (χ3v) is 4.88. The molecular weight excluding hydrogens is 424 g/mol. The molecule has 1 aromatic carbocycles. The largest absolute Gasteiger partial charge is 0.463 e. The first kappa shape index (κ1) is 22.0. The molecular formula is C20H20N4O6S. The molecule has 1 aliphatic heterocycles. The minimum atomic E-state index is -0.771. The summed E-state index contributed by atoms with van der Waals surface area (Å²) in [6, 6.07) is 7.58. The first-order valence-electron chi connectivity index (χ1n) is 9.32. The standard InChI is InChI=1S/C20H20N4O6S/c1-3-29-18(27)15-13(22-19(28)24-16(15)12-7-5-4-6-8-12)9-30-17(26)14-10-31-20(23-14)21-11(2)25/h4-8,10,16H,3,9H2,1-2H3,(H,21,23,25)(H2,22,24,28). The minimum absolute atomic E-state index is 0.00750. The van der Waals surface area contributed by atoms with Crippen LogP contribution in [0.15, 0.2) is 47.0 Å². The summed E-state index contributed by atoms with van der Waals surface area (Å²) in [4.78, 5) is 52.3. The predicted molar refractivity (Wildman–Crippen MR) is 111 cm³/mol. The molecule has 1 aromatic heterocycles. The lowest BCUT2D eigenvalue weighted by Gasteiger charge is -2.29. The van der Waals surface area contributed by atoms with Gasteiger partial charge in [-0.15, -0.1) is 11.3 Å². The number of nitrogens with zero attached hydrogens (tertiary/aromatic N) is 1. The zero-order chi connectivity index (χ0) is 22.4. The van der Waals surface area contributed by atoms with Crippen LogP contribution in [0.3, 0.4) is 0 Å². The maximum atomic E-state index is 12.7. The number of nitrogens with one attached hydrogen (secondary N) is 3. The van der Waals surface area contributed by atoms with Crippen LogP contribution in [0, 0.1) is 0 Å². The van der Waals surface area contributed by atoms with Crippen molar-refractivity contribution in [3.63, 3.8) is 0 Å². The van der Waals surface area contributed by atoms with E-state index in [1.807, 2.05) is 6.07 Å². The van der Waals surface area contributed by atoms with Crippen LogP contribution in [-0.2, 0) is 19.1 Å². The van der Waals surface area contributed by atoms with Crippen LogP contribution in [0.2, 0.25) is 0 Å². The molecule has 0 saturated heterocycles. The van der Waals surface area contributed by atoms with Crippen molar-refractivity contribution in [3.05, 3.63) is 58.2 Å². The van der Waals surface area contributed by atoms with Crippen molar-refractivity contribution in [2.24, 2.45) is 0 Å². The first-order valence-corrected chi connectivity index (χ1v) is 10.2. The zero-order valence-electron chi connectivity index (χ0n) is 16.8. The van der Waals surface area contributed by atoms with Gasteiger partial charge in [-0.2, -0.15) is 0 Å². The summed E-state index contributed by atoms with van der Waals surface area (Å²) < 4.78 is 10.4. The number of ether oxygens (including phenoxy) is 2. The lowest BCUT2D eigenvalue weighted by molar-refractivity contribution is -0.139. The third-order valence-electron chi connectivity index (χ3n) is 4.13. The molecule has 31 heavy (non-hydrogen) atoms. The van der Waals surface area contributed by atoms with Crippen molar-refractivity contribution in [2.75, 3.05) is 18.5 Å². The van der Waals surface area contributed by atoms with Crippen molar-refractivity contribution >= 4 is 40.3 Å². The van der Waals surface area contributed by atoms with E-state index in [4.69, 9.17) is 9.47 Å². The van der Waals surface area contributed by atoms with E-state index in [0.717, 1.165) is 11.3 Å². The van der Waals surface area contributed by atoms with Gasteiger partial charge in [-0.05, 0) is 12.5 Å². The minimum Gasteiger partial charge on any atom is -0.463 e. The number of rotatable bonds is 7. The Morgan fingerprint density at radius 1 is 1.16 bits per heavy atom. The molecule has 2 aromatic rings. The number of esters is 2. The van der Waals surface area contributed by atoms with E-state index in [9.17, 15) is 19.2 Å². The monoisotopic (exact) mass is 444 g/mol. The molecule has 2 heterocycles. The van der Waals surface area contributed by atoms with Crippen LogP contribution in [0.4, 0.5) is 9.93 Å². The van der Waals surface area contributed by atoms with Gasteiger partial charge in [0, 0.05) is 12.3 Å². The smallest absolute Gasteiger partial charge is 0.358 e. The molecule has 0 fully saturated rings. The molecule has 1 atom stereocenters. The van der Waals surface area contributed by atoms with Crippen molar-refractivity contribution in [3.8, 4) is 0 Å². The number of carbonyl (C=O) groups excluding carboxylic acids is 4. The van der Waals surface area contributed by atoms with E-state index in [2.05, 4.69) is 20.9 Å². The van der Waals surface area contributed by atoms with Gasteiger partial charge >= 0.3 is 18.0 Å². The summed E-state index contributed by atoms with van der Waals surface area (Å²) in [7, 11) is 0. The van der Waals surface area contributed by atoms with Gasteiger partial charge in [0.1, 0.15) is 6.61 Å². The number of carbonyl (C=O) groups is 4. The molecule has 0 spiro atoms. The Balaban J connectivity index is 1.84. The van der Waals surface area contributed by atoms with E-state index in [1.165, 1.54) is 12.3 Å². The van der Waals surface area contributed by atoms with Crippen molar-refractivity contribution in [1.82, 2.24) is 15.6 Å². The highest BCUT2D eigenvalue weighted by Gasteiger charge is 2.34. The molecule has 0 saturated carbocycles. The fourth-order valence-electron chi connectivity index (χ4n) is 2.86. The molecule has 11 heteroatoms. The summed E-state index contributed by atoms with van der Waals surface area (Å²) in [6.45, 7) is 2.75. The number of anilines is 1. The number of thiazole rings is 1. The Morgan fingerprint density at radius 3 is 2.58 bits per heavy atom. The summed E-state index contributed by atoms with van der Waals surface area (Å²) in [5, 5.41) is 9.38. The van der Waals surface area contributed by atoms with Gasteiger partial charge in [-0.3, -0.25) is 4.79 Å². The Morgan fingerprint density at radius 2 is 1.90 bits per heavy atom. The Labute approximate surface area is 181 Å². The van der Waals surface area contributed by atoms with E-state index in [0.29, 0.717) is 5.56 Å². The molecule has 3 rings (SSSR count). The maximum Gasteiger partial charge on any atom is 0.358 e. The molecule has 0 radical (unpaired) electrons. The zero-order valence-corrected chi connectivity index (χ0v) is 17.6. The average Bonchev–Trinajstić information content (AvgIpc) is 3.20. The van der Waals surface area contributed by atoms with Crippen LogP contribution in [0.5, 0.6) is 0 Å². The molecule has 1 aliphatic rings. The molecule has 0 bridgehead atoms. The second-order valence-corrected chi connectivity index (χ2v) is 7.21. The quantitative estimate of drug-likeness (QED) is 0.557. The Kier molecular flexibility index (Phi) is 6.98. The van der Waals surface area contributed by atoms with Crippen LogP contribution in [0.1, 0.15) is 35.9 Å². The van der Waals surface area contributed by atoms with Gasteiger partial charge in [-0.25, -0.2) is 19.4 Å². The van der Waals surface area contributed by atoms with Crippen LogP contribution in [0.25, 0.3) is 0 Å². The fourth-order valence-corrected chi connectivity index (χ4v) is 3.59. The highest BCUT2D eigenvalue weighted by atomic mass is 32.1. The summed E-state index contributed by atoms with van der Waals surface area (Å²) in [6.07, 6.45) is 0. The highest BCUT2D eigenvalue weighted by Crippen LogP contribution is 2.28. The van der Waals surface area contributed by atoms with E-state index in [-0.39, 0.29) is 41.2 Å². The van der Waals surface area contributed by atoms with Gasteiger partial charge in [-0.1, -0.05) is 30.3 Å². The fraction of sp³-hybridized carbons (Fsp3) is 0.250. The normalized spacial score (nSPS) is 15.5. The predicted octanol–water partition coefficient (Wildman–Crippen LogP) is 2.13. The highest BCUT2D eigenvalue weighted by molar-refractivity contribution is 7.14. The van der Waals surface area contributed by atoms with Crippen molar-refractivity contribution in [2.45, 2.75) is 19.9 Å². The summed E-state index contributed by atoms with van der Waals surface area (Å²) in [5.41, 5.74) is 0.912. The molecule has 162 valence electrons. The second-order valence-electron chi connectivity index (χ2n) is 6.35. The van der Waals surface area contributed by atoms with E-state index in [1.54, 1.807) is 31.2 Å². The Bertz CT molecular complexity index is 1030. The SMILES string of the molecule is CCOC(=O)C1=C(COC(=O)c2csc(NC(C)=O)n2)NC(=O)NC1c1ccccc1. The van der Waals surface area contributed by atoms with Crippen molar-refractivity contribution in [1.29, 1.82) is 0 Å². The number of benzene rings is 1. The number of hydrogen-bond acceptors (Lipinski definition) is 8. The molecule has 3 amide bonds. The number of hydrogen-bond donors (Lipinski definition) is 3. The Hall–Kier alpha value is -3.73. The molecule has 3 N–H and O–H groups in total. The van der Waals surface area contributed by atoms with E-state index >= 15 is 0 Å². The van der Waals surface area contributed by atoms with Gasteiger partial charge in [0.15, 0.2) is 10.8 Å².